The van der Waals surface area contributed by atoms with E-state index in [1.165, 1.54) is 11.1 Å². The summed E-state index contributed by atoms with van der Waals surface area (Å²) in [6.45, 7) is 9.33. The second-order valence-electron chi connectivity index (χ2n) is 4.95. The maximum atomic E-state index is 2.40. The summed E-state index contributed by atoms with van der Waals surface area (Å²) >= 11 is -0.0926. The van der Waals surface area contributed by atoms with Gasteiger partial charge in [-0.15, -0.1) is 0 Å². The summed E-state index contributed by atoms with van der Waals surface area (Å²) < 4.78 is 0.747. The zero-order valence-corrected chi connectivity index (χ0v) is 13.8. The predicted octanol–water partition coefficient (Wildman–Crippen LogP) is -1.53. The van der Waals surface area contributed by atoms with Crippen molar-refractivity contribution in [2.75, 3.05) is 0 Å². The van der Waals surface area contributed by atoms with E-state index in [2.05, 4.69) is 64.2 Å². The van der Waals surface area contributed by atoms with E-state index in [0.29, 0.717) is 7.44 Å². The van der Waals surface area contributed by atoms with Gasteiger partial charge in [0.05, 0.1) is 0 Å². The van der Waals surface area contributed by atoms with Crippen LogP contribution in [0.5, 0.6) is 0 Å². The Labute approximate surface area is 126 Å². The van der Waals surface area contributed by atoms with Gasteiger partial charge in [-0.3, -0.25) is 0 Å². The molecule has 2 rings (SSSR count). The van der Waals surface area contributed by atoms with Crippen molar-refractivity contribution in [1.82, 2.24) is 0 Å². The van der Waals surface area contributed by atoms with Crippen LogP contribution in [0.2, 0.25) is 7.44 Å². The van der Waals surface area contributed by atoms with Crippen molar-refractivity contribution in [3.05, 3.63) is 47.6 Å². The van der Waals surface area contributed by atoms with Gasteiger partial charge in [-0.1, -0.05) is 0 Å². The molecule has 0 radical (unpaired) electrons. The molecular formula is C14H18Cl2Ti. The van der Waals surface area contributed by atoms with Crippen LogP contribution in [0.15, 0.2) is 47.6 Å². The first kappa shape index (κ1) is 17.3. The van der Waals surface area contributed by atoms with Crippen molar-refractivity contribution >= 4 is 0 Å². The largest absolute Gasteiger partial charge is 1.00 e. The number of hydrogen-bond acceptors (Lipinski definition) is 0. The third-order valence-electron chi connectivity index (χ3n) is 3.71. The smallest absolute Gasteiger partial charge is 1.00 e. The minimum atomic E-state index is -0.0926. The fourth-order valence-corrected chi connectivity index (χ4v) is 5.32. The van der Waals surface area contributed by atoms with Crippen LogP contribution in [0.25, 0.3) is 0 Å². The molecule has 0 fully saturated rings. The second kappa shape index (κ2) is 5.93. The first-order chi connectivity index (χ1) is 6.96. The third-order valence-corrected chi connectivity index (χ3v) is 7.08. The molecule has 92 valence electrons. The minimum Gasteiger partial charge on any atom is -1.00 e. The van der Waals surface area contributed by atoms with Crippen LogP contribution in [-0.2, 0) is 19.2 Å². The fourth-order valence-electron chi connectivity index (χ4n) is 2.20. The Morgan fingerprint density at radius 2 is 1.18 bits per heavy atom. The molecule has 0 amide bonds. The second-order valence-corrected chi connectivity index (χ2v) is 8.58. The van der Waals surface area contributed by atoms with Crippen LogP contribution in [0.4, 0.5) is 0 Å². The van der Waals surface area contributed by atoms with Crippen molar-refractivity contribution in [3.63, 3.8) is 0 Å². The van der Waals surface area contributed by atoms with Crippen molar-refractivity contribution in [2.24, 2.45) is 0 Å². The Morgan fingerprint density at radius 3 is 1.41 bits per heavy atom. The van der Waals surface area contributed by atoms with Crippen molar-refractivity contribution < 1.29 is 44.0 Å². The maximum absolute atomic E-state index is 2.40. The number of halogens is 2. The van der Waals surface area contributed by atoms with Crippen LogP contribution in [0.3, 0.4) is 0 Å². The molecule has 3 heteroatoms. The average molecular weight is 305 g/mol. The molecular weight excluding hydrogens is 287 g/mol. The van der Waals surface area contributed by atoms with Crippen LogP contribution in [-0.4, -0.2) is 0 Å². The summed E-state index contributed by atoms with van der Waals surface area (Å²) in [4.78, 5) is 0. The molecule has 0 aliphatic heterocycles. The standard InChI is InChI=1S/2C7H9.2ClH.Ti/c2*1-6-4-3-5-7(6)2;;;/h2*3-5H,1-2H3;2*1H;/q;;;;+2/p-2. The Kier molecular flexibility index (Phi) is 6.02. The molecule has 0 nitrogen and oxygen atoms in total. The minimum absolute atomic E-state index is 0. The monoisotopic (exact) mass is 304 g/mol. The van der Waals surface area contributed by atoms with Crippen molar-refractivity contribution in [3.8, 4) is 0 Å². The Hall–Kier alpha value is 0.254. The molecule has 0 aromatic heterocycles. The summed E-state index contributed by atoms with van der Waals surface area (Å²) in [5.74, 6) is 0. The average Bonchev–Trinajstić information content (AvgIpc) is 2.61. The Morgan fingerprint density at radius 1 is 0.824 bits per heavy atom. The fraction of sp³-hybridized carbons (Fsp3) is 0.429. The van der Waals surface area contributed by atoms with Gasteiger partial charge < -0.3 is 24.8 Å². The van der Waals surface area contributed by atoms with Gasteiger partial charge in [0.25, 0.3) is 0 Å². The van der Waals surface area contributed by atoms with Crippen LogP contribution >= 0.6 is 0 Å². The quantitative estimate of drug-likeness (QED) is 0.543. The zero-order chi connectivity index (χ0) is 11.1. The summed E-state index contributed by atoms with van der Waals surface area (Å²) in [6.07, 6.45) is 13.8. The normalized spacial score (nSPS) is 33.4. The topological polar surface area (TPSA) is 0 Å². The summed E-state index contributed by atoms with van der Waals surface area (Å²) in [6, 6.07) is 0. The third kappa shape index (κ3) is 3.17. The van der Waals surface area contributed by atoms with E-state index in [-0.39, 0.29) is 44.0 Å². The first-order valence-electron chi connectivity index (χ1n) is 5.49. The van der Waals surface area contributed by atoms with Crippen LogP contribution in [0, 0.1) is 0 Å². The van der Waals surface area contributed by atoms with Gasteiger partial charge in [0.1, 0.15) is 0 Å². The Bertz CT molecular complexity index is 368. The maximum Gasteiger partial charge on any atom is -1.00 e. The van der Waals surface area contributed by atoms with Gasteiger partial charge in [0, 0.05) is 0 Å². The molecule has 17 heavy (non-hydrogen) atoms. The van der Waals surface area contributed by atoms with E-state index in [1.54, 1.807) is 0 Å². The van der Waals surface area contributed by atoms with Crippen molar-refractivity contribution in [1.29, 1.82) is 0 Å². The molecule has 0 saturated carbocycles. The van der Waals surface area contributed by atoms with Gasteiger partial charge in [0.2, 0.25) is 0 Å². The zero-order valence-electron chi connectivity index (χ0n) is 10.7. The van der Waals surface area contributed by atoms with E-state index in [4.69, 9.17) is 0 Å². The van der Waals surface area contributed by atoms with E-state index < -0.39 is 0 Å². The van der Waals surface area contributed by atoms with Crippen LogP contribution < -0.4 is 24.8 Å². The summed E-state index contributed by atoms with van der Waals surface area (Å²) in [5, 5.41) is 0. The molecule has 0 N–H and O–H groups in total. The molecule has 0 aromatic rings. The number of allylic oxidation sites excluding steroid dienone is 8. The number of hydrogen-bond donors (Lipinski definition) is 0. The molecule has 0 bridgehead atoms. The molecule has 2 aliphatic rings. The van der Waals surface area contributed by atoms with E-state index in [0.717, 1.165) is 0 Å². The molecule has 0 aromatic carbocycles. The predicted molar refractivity (Wildman–Crippen MR) is 62.5 cm³/mol. The molecule has 2 unspecified atom stereocenters. The van der Waals surface area contributed by atoms with Gasteiger partial charge in [-0.05, 0) is 0 Å². The van der Waals surface area contributed by atoms with E-state index in [1.807, 2.05) is 0 Å². The molecule has 0 heterocycles. The van der Waals surface area contributed by atoms with Gasteiger partial charge in [0.15, 0.2) is 0 Å². The molecule has 2 aliphatic carbocycles. The summed E-state index contributed by atoms with van der Waals surface area (Å²) in [5.41, 5.74) is 3.08. The summed E-state index contributed by atoms with van der Waals surface area (Å²) in [7, 11) is 0. The molecule has 2 atom stereocenters. The van der Waals surface area contributed by atoms with Crippen LogP contribution in [0.1, 0.15) is 27.7 Å². The van der Waals surface area contributed by atoms with E-state index >= 15 is 0 Å². The molecule has 0 saturated heterocycles. The van der Waals surface area contributed by atoms with Crippen molar-refractivity contribution in [2.45, 2.75) is 35.1 Å². The van der Waals surface area contributed by atoms with Gasteiger partial charge in [-0.25, -0.2) is 0 Å². The van der Waals surface area contributed by atoms with E-state index in [9.17, 15) is 0 Å². The SMILES string of the molecule is CC1=CC=C[C]1(C)[Ti+2][C]1(C)C=CC=C1C.[Cl-].[Cl-]. The molecule has 0 spiro atoms. The van der Waals surface area contributed by atoms with Gasteiger partial charge in [-0.2, -0.15) is 0 Å². The number of rotatable bonds is 2. The van der Waals surface area contributed by atoms with Gasteiger partial charge >= 0.3 is 102 Å². The first-order valence-corrected chi connectivity index (χ1v) is 7.05. The Balaban J connectivity index is 0.00000128.